The van der Waals surface area contributed by atoms with Gasteiger partial charge in [0.05, 0.1) is 10.7 Å². The van der Waals surface area contributed by atoms with E-state index in [1.807, 2.05) is 49.4 Å². The van der Waals surface area contributed by atoms with Crippen molar-refractivity contribution in [1.82, 2.24) is 15.8 Å². The van der Waals surface area contributed by atoms with E-state index in [1.165, 1.54) is 11.3 Å². The molecule has 7 heteroatoms. The molecule has 0 radical (unpaired) electrons. The van der Waals surface area contributed by atoms with Crippen molar-refractivity contribution in [3.63, 3.8) is 0 Å². The van der Waals surface area contributed by atoms with Crippen molar-refractivity contribution < 1.29 is 9.59 Å². The molecular weight excluding hydrogens is 384 g/mol. The third kappa shape index (κ3) is 4.81. The number of hydrazine groups is 1. The van der Waals surface area contributed by atoms with Crippen LogP contribution in [0.15, 0.2) is 54.6 Å². The smallest absolute Gasteiger partial charge is 0.282 e. The van der Waals surface area contributed by atoms with Crippen molar-refractivity contribution in [1.29, 1.82) is 0 Å². The Kier molecular flexibility index (Phi) is 6.61. The predicted molar refractivity (Wildman–Crippen MR) is 117 cm³/mol. The second-order valence-corrected chi connectivity index (χ2v) is 7.61. The molecule has 2 amide bonds. The summed E-state index contributed by atoms with van der Waals surface area (Å²) in [5, 5.41) is 0.785. The molecule has 2 N–H and O–H groups in total. The van der Waals surface area contributed by atoms with Crippen LogP contribution in [0.1, 0.15) is 38.9 Å². The third-order valence-electron chi connectivity index (χ3n) is 4.54. The highest BCUT2D eigenvalue weighted by Crippen LogP contribution is 2.27. The minimum Gasteiger partial charge on any atom is -0.372 e. The molecule has 150 valence electrons. The Morgan fingerprint density at radius 3 is 2.17 bits per heavy atom. The van der Waals surface area contributed by atoms with Gasteiger partial charge in [-0.1, -0.05) is 30.3 Å². The number of nitrogens with zero attached hydrogens (tertiary/aromatic N) is 2. The first-order valence-electron chi connectivity index (χ1n) is 9.52. The van der Waals surface area contributed by atoms with Crippen molar-refractivity contribution in [3.05, 3.63) is 70.0 Å². The maximum absolute atomic E-state index is 12.6. The quantitative estimate of drug-likeness (QED) is 0.604. The normalized spacial score (nSPS) is 10.4. The van der Waals surface area contributed by atoms with E-state index >= 15 is 0 Å². The Morgan fingerprint density at radius 2 is 1.55 bits per heavy atom. The van der Waals surface area contributed by atoms with Gasteiger partial charge in [0.25, 0.3) is 11.8 Å². The first-order chi connectivity index (χ1) is 14.0. The lowest BCUT2D eigenvalue weighted by Gasteiger charge is -2.21. The molecule has 0 saturated carbocycles. The van der Waals surface area contributed by atoms with Crippen LogP contribution in [0.2, 0.25) is 0 Å². The van der Waals surface area contributed by atoms with Gasteiger partial charge >= 0.3 is 0 Å². The summed E-state index contributed by atoms with van der Waals surface area (Å²) in [6, 6.07) is 16.8. The second-order valence-electron chi connectivity index (χ2n) is 6.40. The first-order valence-corrected chi connectivity index (χ1v) is 10.3. The van der Waals surface area contributed by atoms with Crippen LogP contribution in [-0.4, -0.2) is 29.9 Å². The summed E-state index contributed by atoms with van der Waals surface area (Å²) >= 11 is 1.29. The summed E-state index contributed by atoms with van der Waals surface area (Å²) in [5.41, 5.74) is 8.00. The predicted octanol–water partition coefficient (Wildman–Crippen LogP) is 4.04. The monoisotopic (exact) mass is 408 g/mol. The Balaban J connectivity index is 1.68. The highest BCUT2D eigenvalue weighted by atomic mass is 32.1. The van der Waals surface area contributed by atoms with Crippen LogP contribution >= 0.6 is 11.3 Å². The maximum atomic E-state index is 12.6. The molecule has 3 rings (SSSR count). The lowest BCUT2D eigenvalue weighted by atomic mass is 10.1. The summed E-state index contributed by atoms with van der Waals surface area (Å²) in [4.78, 5) is 32.2. The molecule has 2 aromatic carbocycles. The van der Waals surface area contributed by atoms with E-state index in [9.17, 15) is 9.59 Å². The number of rotatable bonds is 6. The van der Waals surface area contributed by atoms with Gasteiger partial charge in [-0.25, -0.2) is 4.98 Å². The Bertz CT molecular complexity index is 980. The fourth-order valence-electron chi connectivity index (χ4n) is 3.03. The van der Waals surface area contributed by atoms with Gasteiger partial charge < -0.3 is 4.90 Å². The van der Waals surface area contributed by atoms with Gasteiger partial charge in [-0.05, 0) is 45.0 Å². The molecule has 29 heavy (non-hydrogen) atoms. The number of hydrogen-bond donors (Lipinski definition) is 2. The zero-order chi connectivity index (χ0) is 20.8. The van der Waals surface area contributed by atoms with Crippen molar-refractivity contribution in [2.45, 2.75) is 20.8 Å². The molecule has 0 atom stereocenters. The minimum atomic E-state index is -0.387. The highest BCUT2D eigenvalue weighted by Gasteiger charge is 2.19. The number of aryl methyl sites for hydroxylation is 1. The van der Waals surface area contributed by atoms with E-state index in [0.717, 1.165) is 29.3 Å². The van der Waals surface area contributed by atoms with Crippen molar-refractivity contribution in [2.75, 3.05) is 18.0 Å². The molecule has 3 aromatic rings. The molecule has 0 unspecified atom stereocenters. The van der Waals surface area contributed by atoms with E-state index < -0.39 is 0 Å². The highest BCUT2D eigenvalue weighted by molar-refractivity contribution is 7.14. The largest absolute Gasteiger partial charge is 0.372 e. The lowest BCUT2D eigenvalue weighted by Crippen LogP contribution is -2.41. The number of nitrogens with one attached hydrogen (secondary N) is 2. The molecule has 0 fully saturated rings. The lowest BCUT2D eigenvalue weighted by molar-refractivity contribution is 0.0849. The fraction of sp³-hybridized carbons (Fsp3) is 0.227. The molecule has 1 heterocycles. The van der Waals surface area contributed by atoms with Gasteiger partial charge in [0.15, 0.2) is 0 Å². The first kappa shape index (κ1) is 20.5. The Morgan fingerprint density at radius 1 is 0.931 bits per heavy atom. The van der Waals surface area contributed by atoms with Gasteiger partial charge in [0, 0.05) is 29.9 Å². The average molecular weight is 409 g/mol. The van der Waals surface area contributed by atoms with Crippen LogP contribution in [0.5, 0.6) is 0 Å². The van der Waals surface area contributed by atoms with E-state index in [2.05, 4.69) is 34.6 Å². The number of aromatic nitrogens is 1. The SMILES string of the molecule is CCN(CC)c1ccc(C(=O)NNC(=O)c2sc(C)nc2-c2ccccc2)cc1. The maximum Gasteiger partial charge on any atom is 0.282 e. The Labute approximate surface area is 174 Å². The second kappa shape index (κ2) is 9.34. The molecule has 0 aliphatic carbocycles. The summed E-state index contributed by atoms with van der Waals surface area (Å²) in [5.74, 6) is -0.755. The van der Waals surface area contributed by atoms with Crippen molar-refractivity contribution in [3.8, 4) is 11.3 Å². The number of anilines is 1. The molecule has 1 aromatic heterocycles. The van der Waals surface area contributed by atoms with Crippen LogP contribution in [-0.2, 0) is 0 Å². The summed E-state index contributed by atoms with van der Waals surface area (Å²) in [6.07, 6.45) is 0. The standard InChI is InChI=1S/C22H24N4O2S/c1-4-26(5-2)18-13-11-17(12-14-18)21(27)24-25-22(28)20-19(23-15(3)29-20)16-9-7-6-8-10-16/h6-14H,4-5H2,1-3H3,(H,24,27)(H,25,28). The zero-order valence-corrected chi connectivity index (χ0v) is 17.5. The topological polar surface area (TPSA) is 74.3 Å². The van der Waals surface area contributed by atoms with Crippen LogP contribution in [0, 0.1) is 6.92 Å². The summed E-state index contributed by atoms with van der Waals surface area (Å²) in [7, 11) is 0. The van der Waals surface area contributed by atoms with Gasteiger partial charge in [-0.15, -0.1) is 11.3 Å². The van der Waals surface area contributed by atoms with Gasteiger partial charge in [0.2, 0.25) is 0 Å². The van der Waals surface area contributed by atoms with Crippen LogP contribution < -0.4 is 15.8 Å². The molecule has 0 aliphatic heterocycles. The zero-order valence-electron chi connectivity index (χ0n) is 16.7. The third-order valence-corrected chi connectivity index (χ3v) is 5.50. The van der Waals surface area contributed by atoms with Crippen LogP contribution in [0.25, 0.3) is 11.3 Å². The molecule has 0 saturated heterocycles. The average Bonchev–Trinajstić information content (AvgIpc) is 3.15. The number of benzene rings is 2. The van der Waals surface area contributed by atoms with Gasteiger partial charge in [-0.2, -0.15) is 0 Å². The van der Waals surface area contributed by atoms with Crippen molar-refractivity contribution >= 4 is 28.8 Å². The number of carbonyl (C=O) groups is 2. The fourth-order valence-corrected chi connectivity index (χ4v) is 3.86. The Hall–Kier alpha value is -3.19. The summed E-state index contributed by atoms with van der Waals surface area (Å²) < 4.78 is 0. The summed E-state index contributed by atoms with van der Waals surface area (Å²) in [6.45, 7) is 7.82. The molecular formula is C22H24N4O2S. The molecule has 0 spiro atoms. The van der Waals surface area contributed by atoms with Gasteiger partial charge in [-0.3, -0.25) is 20.4 Å². The number of hydrogen-bond acceptors (Lipinski definition) is 5. The van der Waals surface area contributed by atoms with Crippen LogP contribution in [0.3, 0.4) is 0 Å². The van der Waals surface area contributed by atoms with E-state index in [-0.39, 0.29) is 11.8 Å². The molecule has 0 aliphatic rings. The molecule has 0 bridgehead atoms. The van der Waals surface area contributed by atoms with Crippen molar-refractivity contribution in [2.24, 2.45) is 0 Å². The van der Waals surface area contributed by atoms with Gasteiger partial charge in [0.1, 0.15) is 4.88 Å². The van der Waals surface area contributed by atoms with E-state index in [1.54, 1.807) is 12.1 Å². The minimum absolute atomic E-state index is 0.369. The number of carbonyl (C=O) groups excluding carboxylic acids is 2. The number of amides is 2. The van der Waals surface area contributed by atoms with E-state index in [4.69, 9.17) is 0 Å². The number of thiazole rings is 1. The van der Waals surface area contributed by atoms with Crippen LogP contribution in [0.4, 0.5) is 5.69 Å². The molecule has 6 nitrogen and oxygen atoms in total. The van der Waals surface area contributed by atoms with E-state index in [0.29, 0.717) is 16.1 Å².